The highest BCUT2D eigenvalue weighted by Gasteiger charge is 2.29. The molecule has 1 atom stereocenters. The number of amides is 1. The monoisotopic (exact) mass is 434 g/mol. The summed E-state index contributed by atoms with van der Waals surface area (Å²) in [5, 5.41) is 3.09. The van der Waals surface area contributed by atoms with Gasteiger partial charge in [-0.05, 0) is 59.5 Å². The van der Waals surface area contributed by atoms with Crippen molar-refractivity contribution in [2.45, 2.75) is 19.0 Å². The Morgan fingerprint density at radius 2 is 1.72 bits per heavy atom. The second-order valence-corrected chi connectivity index (χ2v) is 7.84. The highest BCUT2D eigenvalue weighted by Crippen LogP contribution is 2.38. The Labute approximate surface area is 187 Å². The van der Waals surface area contributed by atoms with E-state index < -0.39 is 0 Å². The number of carbonyl (C=O) groups is 1. The minimum absolute atomic E-state index is 0.0590. The molecule has 1 amide bonds. The number of ether oxygens (including phenoxy) is 2. The summed E-state index contributed by atoms with van der Waals surface area (Å²) < 4.78 is 24.4. The summed E-state index contributed by atoms with van der Waals surface area (Å²) in [6.07, 6.45) is 0.847. The number of fused-ring (bicyclic) bond motifs is 1. The van der Waals surface area contributed by atoms with Crippen LogP contribution in [-0.4, -0.2) is 38.1 Å². The van der Waals surface area contributed by atoms with Crippen LogP contribution in [0.15, 0.2) is 66.7 Å². The third-order valence-electron chi connectivity index (χ3n) is 5.90. The predicted molar refractivity (Wildman–Crippen MR) is 122 cm³/mol. The van der Waals surface area contributed by atoms with Gasteiger partial charge in [-0.25, -0.2) is 4.39 Å². The molecule has 6 heteroatoms. The van der Waals surface area contributed by atoms with Gasteiger partial charge in [0.2, 0.25) is 0 Å². The number of hydrogen-bond acceptors (Lipinski definition) is 4. The highest BCUT2D eigenvalue weighted by molar-refractivity contribution is 5.94. The standard InChI is InChI=1S/C26H27FN2O3/c1-31-24-14-20-12-13-29(17-18-8-10-21(27)11-9-18)23(22(20)15-25(24)32-2)16-28-26(30)19-6-4-3-5-7-19/h3-11,14-15,23H,12-13,16-17H2,1-2H3,(H,28,30)/t23-/m0/s1. The average molecular weight is 435 g/mol. The van der Waals surface area contributed by atoms with Gasteiger partial charge in [-0.2, -0.15) is 0 Å². The predicted octanol–water partition coefficient (Wildman–Crippen LogP) is 4.37. The Bertz CT molecular complexity index is 1070. The van der Waals surface area contributed by atoms with Gasteiger partial charge in [0, 0.05) is 25.2 Å². The van der Waals surface area contributed by atoms with Crippen LogP contribution in [0, 0.1) is 5.82 Å². The zero-order valence-electron chi connectivity index (χ0n) is 18.3. The van der Waals surface area contributed by atoms with Crippen LogP contribution in [0.5, 0.6) is 11.5 Å². The molecule has 1 aliphatic heterocycles. The maximum atomic E-state index is 13.4. The van der Waals surface area contributed by atoms with E-state index in [4.69, 9.17) is 9.47 Å². The van der Waals surface area contributed by atoms with Gasteiger partial charge < -0.3 is 14.8 Å². The van der Waals surface area contributed by atoms with E-state index in [9.17, 15) is 9.18 Å². The van der Waals surface area contributed by atoms with Crippen molar-refractivity contribution in [1.29, 1.82) is 0 Å². The summed E-state index contributed by atoms with van der Waals surface area (Å²) in [6.45, 7) is 1.91. The van der Waals surface area contributed by atoms with Crippen LogP contribution in [0.1, 0.15) is 33.1 Å². The molecule has 0 radical (unpaired) electrons. The first kappa shape index (κ1) is 21.8. The van der Waals surface area contributed by atoms with Gasteiger partial charge in [0.1, 0.15) is 5.82 Å². The molecule has 0 saturated carbocycles. The molecule has 0 aromatic heterocycles. The van der Waals surface area contributed by atoms with Crippen molar-refractivity contribution < 1.29 is 18.7 Å². The van der Waals surface area contributed by atoms with Crippen LogP contribution >= 0.6 is 0 Å². The molecule has 166 valence electrons. The normalized spacial score (nSPS) is 15.7. The first-order valence-electron chi connectivity index (χ1n) is 10.7. The van der Waals surface area contributed by atoms with E-state index >= 15 is 0 Å². The average Bonchev–Trinajstić information content (AvgIpc) is 2.84. The molecule has 4 rings (SSSR count). The van der Waals surface area contributed by atoms with E-state index in [0.717, 1.165) is 24.1 Å². The molecular formula is C26H27FN2O3. The van der Waals surface area contributed by atoms with Crippen LogP contribution in [0.2, 0.25) is 0 Å². The topological polar surface area (TPSA) is 50.8 Å². The number of carbonyl (C=O) groups excluding carboxylic acids is 1. The van der Waals surface area contributed by atoms with Crippen molar-refractivity contribution in [2.24, 2.45) is 0 Å². The van der Waals surface area contributed by atoms with Crippen LogP contribution < -0.4 is 14.8 Å². The lowest BCUT2D eigenvalue weighted by atomic mass is 9.91. The summed E-state index contributed by atoms with van der Waals surface area (Å²) in [5.41, 5.74) is 3.93. The summed E-state index contributed by atoms with van der Waals surface area (Å²) in [4.78, 5) is 15.0. The Kier molecular flexibility index (Phi) is 6.71. The quantitative estimate of drug-likeness (QED) is 0.600. The SMILES string of the molecule is COc1cc2c(cc1OC)[C@H](CNC(=O)c1ccccc1)N(Cc1ccc(F)cc1)CC2. The summed E-state index contributed by atoms with van der Waals surface area (Å²) in [6, 6.07) is 19.7. The van der Waals surface area contributed by atoms with Crippen molar-refractivity contribution in [3.05, 3.63) is 94.8 Å². The van der Waals surface area contributed by atoms with Crippen molar-refractivity contribution in [3.63, 3.8) is 0 Å². The maximum absolute atomic E-state index is 13.4. The van der Waals surface area contributed by atoms with Gasteiger partial charge in [-0.1, -0.05) is 30.3 Å². The van der Waals surface area contributed by atoms with Crippen LogP contribution in [0.4, 0.5) is 4.39 Å². The third kappa shape index (κ3) is 4.75. The van der Waals surface area contributed by atoms with Gasteiger partial charge in [-0.3, -0.25) is 9.69 Å². The number of nitrogens with one attached hydrogen (secondary N) is 1. The molecule has 0 spiro atoms. The number of hydrogen-bond donors (Lipinski definition) is 1. The van der Waals surface area contributed by atoms with Gasteiger partial charge in [0.15, 0.2) is 11.5 Å². The zero-order valence-corrected chi connectivity index (χ0v) is 18.3. The second-order valence-electron chi connectivity index (χ2n) is 7.84. The molecule has 1 aliphatic rings. The fourth-order valence-electron chi connectivity index (χ4n) is 4.21. The second kappa shape index (κ2) is 9.83. The fourth-order valence-corrected chi connectivity index (χ4v) is 4.21. The van der Waals surface area contributed by atoms with Crippen LogP contribution in [0.3, 0.4) is 0 Å². The van der Waals surface area contributed by atoms with Crippen molar-refractivity contribution in [3.8, 4) is 11.5 Å². The van der Waals surface area contributed by atoms with Gasteiger partial charge >= 0.3 is 0 Å². The molecule has 3 aromatic rings. The molecule has 5 nitrogen and oxygen atoms in total. The lowest BCUT2D eigenvalue weighted by Gasteiger charge is -2.38. The minimum atomic E-state index is -0.249. The van der Waals surface area contributed by atoms with E-state index in [0.29, 0.717) is 30.2 Å². The Morgan fingerprint density at radius 3 is 2.41 bits per heavy atom. The molecule has 32 heavy (non-hydrogen) atoms. The molecule has 1 N–H and O–H groups in total. The molecule has 0 aliphatic carbocycles. The Hall–Kier alpha value is -3.38. The van der Waals surface area contributed by atoms with Gasteiger partial charge in [0.25, 0.3) is 5.91 Å². The summed E-state index contributed by atoms with van der Waals surface area (Å²) in [5.74, 6) is 1.00. The van der Waals surface area contributed by atoms with Crippen LogP contribution in [-0.2, 0) is 13.0 Å². The minimum Gasteiger partial charge on any atom is -0.493 e. The Balaban J connectivity index is 1.62. The van der Waals surface area contributed by atoms with Crippen molar-refractivity contribution in [1.82, 2.24) is 10.2 Å². The van der Waals surface area contributed by atoms with E-state index in [2.05, 4.69) is 10.2 Å². The van der Waals surface area contributed by atoms with E-state index in [1.54, 1.807) is 38.5 Å². The molecule has 0 unspecified atom stereocenters. The summed E-state index contributed by atoms with van der Waals surface area (Å²) in [7, 11) is 3.25. The maximum Gasteiger partial charge on any atom is 0.251 e. The number of nitrogens with zero attached hydrogens (tertiary/aromatic N) is 1. The smallest absolute Gasteiger partial charge is 0.251 e. The van der Waals surface area contributed by atoms with Crippen LogP contribution in [0.25, 0.3) is 0 Å². The van der Waals surface area contributed by atoms with E-state index in [-0.39, 0.29) is 17.8 Å². The zero-order chi connectivity index (χ0) is 22.5. The molecule has 0 bridgehead atoms. The molecule has 3 aromatic carbocycles. The fraction of sp³-hybridized carbons (Fsp3) is 0.269. The van der Waals surface area contributed by atoms with Gasteiger partial charge in [-0.15, -0.1) is 0 Å². The Morgan fingerprint density at radius 1 is 1.03 bits per heavy atom. The molecule has 1 heterocycles. The van der Waals surface area contributed by atoms with Gasteiger partial charge in [0.05, 0.1) is 20.3 Å². The third-order valence-corrected chi connectivity index (χ3v) is 5.90. The highest BCUT2D eigenvalue weighted by atomic mass is 19.1. The largest absolute Gasteiger partial charge is 0.493 e. The first-order valence-corrected chi connectivity index (χ1v) is 10.7. The molecule has 0 fully saturated rings. The summed E-state index contributed by atoms with van der Waals surface area (Å²) >= 11 is 0. The van der Waals surface area contributed by atoms with Crippen molar-refractivity contribution >= 4 is 5.91 Å². The number of benzene rings is 3. The van der Waals surface area contributed by atoms with E-state index in [1.807, 2.05) is 30.3 Å². The van der Waals surface area contributed by atoms with E-state index in [1.165, 1.54) is 17.7 Å². The van der Waals surface area contributed by atoms with Crippen molar-refractivity contribution in [2.75, 3.05) is 27.3 Å². The lowest BCUT2D eigenvalue weighted by molar-refractivity contribution is 0.0925. The number of rotatable bonds is 7. The number of methoxy groups -OCH3 is 2. The first-order chi connectivity index (χ1) is 15.6. The lowest BCUT2D eigenvalue weighted by Crippen LogP contribution is -2.41. The molecular weight excluding hydrogens is 407 g/mol. The molecule has 0 saturated heterocycles. The number of halogens is 1.